The van der Waals surface area contributed by atoms with E-state index in [4.69, 9.17) is 10.9 Å². The van der Waals surface area contributed by atoms with Crippen LogP contribution in [0.15, 0.2) is 0 Å². The molecule has 0 aromatic heterocycles. The molecule has 0 aliphatic rings. The van der Waals surface area contributed by atoms with Gasteiger partial charge in [0.15, 0.2) is 0 Å². The Morgan fingerprint density at radius 1 is 1.88 bits per heavy atom. The van der Waals surface area contributed by atoms with Crippen LogP contribution in [0.5, 0.6) is 0 Å². The van der Waals surface area contributed by atoms with E-state index in [0.29, 0.717) is 6.61 Å². The van der Waals surface area contributed by atoms with Crippen molar-refractivity contribution in [3.05, 3.63) is 0 Å². The lowest BCUT2D eigenvalue weighted by Gasteiger charge is -2.01. The molecule has 0 bridgehead atoms. The third-order valence-corrected chi connectivity index (χ3v) is 1.83. The fourth-order valence-corrected chi connectivity index (χ4v) is 0.851. The van der Waals surface area contributed by atoms with Crippen LogP contribution >= 0.6 is 7.37 Å². The summed E-state index contributed by atoms with van der Waals surface area (Å²) in [4.78, 5) is 0. The van der Waals surface area contributed by atoms with Crippen molar-refractivity contribution in [2.45, 2.75) is 6.92 Å². The monoisotopic (exact) mass is 132 g/mol. The summed E-state index contributed by atoms with van der Waals surface area (Å²) in [6, 6.07) is 0. The molecule has 0 aromatic carbocycles. The van der Waals surface area contributed by atoms with Crippen molar-refractivity contribution in [2.24, 2.45) is 0 Å². The third kappa shape index (κ3) is 2.85. The molecular weight excluding hydrogens is 123 g/mol. The predicted octanol–water partition coefficient (Wildman–Crippen LogP) is 1.52. The predicted molar refractivity (Wildman–Crippen MR) is 34.0 cm³/mol. The Hall–Kier alpha value is -0.250. The topological polar surface area (TPSA) is 26.3 Å². The Kier molecular flexibility index (Phi) is 2.82. The lowest BCUT2D eigenvalue weighted by molar-refractivity contribution is 0.345. The maximum absolute atomic E-state index is 10.7. The van der Waals surface area contributed by atoms with Crippen LogP contribution in [0.25, 0.3) is 0 Å². The summed E-state index contributed by atoms with van der Waals surface area (Å²) in [6.07, 6.45) is 4.85. The van der Waals surface area contributed by atoms with E-state index < -0.39 is 7.37 Å². The van der Waals surface area contributed by atoms with Crippen molar-refractivity contribution in [3.8, 4) is 12.1 Å². The molecule has 0 rings (SSSR count). The van der Waals surface area contributed by atoms with Gasteiger partial charge in [-0.2, -0.15) is 0 Å². The Morgan fingerprint density at radius 3 is 2.50 bits per heavy atom. The van der Waals surface area contributed by atoms with Crippen molar-refractivity contribution in [3.63, 3.8) is 0 Å². The van der Waals surface area contributed by atoms with Gasteiger partial charge in [-0.05, 0) is 12.6 Å². The molecule has 2 nitrogen and oxygen atoms in total. The molecule has 0 aromatic rings. The van der Waals surface area contributed by atoms with Crippen LogP contribution in [0.1, 0.15) is 6.92 Å². The highest BCUT2D eigenvalue weighted by Crippen LogP contribution is 2.39. The van der Waals surface area contributed by atoms with Gasteiger partial charge in [0.25, 0.3) is 7.37 Å². The molecule has 0 saturated carbocycles. The molecule has 0 radical (unpaired) electrons. The second kappa shape index (κ2) is 2.91. The number of terminal acetylenes is 1. The van der Waals surface area contributed by atoms with E-state index in [1.807, 2.05) is 0 Å². The van der Waals surface area contributed by atoms with Crippen LogP contribution in [-0.4, -0.2) is 13.3 Å². The second-order valence-corrected chi connectivity index (χ2v) is 3.60. The summed E-state index contributed by atoms with van der Waals surface area (Å²) in [6.45, 7) is 3.60. The summed E-state index contributed by atoms with van der Waals surface area (Å²) >= 11 is 0. The molecule has 1 atom stereocenters. The molecular formula is C5H9O2P. The molecule has 0 N–H and O–H groups in total. The van der Waals surface area contributed by atoms with Crippen molar-refractivity contribution in [2.75, 3.05) is 13.3 Å². The molecule has 0 heterocycles. The standard InChI is InChI=1S/C5H9O2P/c1-4-7-8(3,6)5-2/h2H,4H2,1,3H3. The van der Waals surface area contributed by atoms with Crippen LogP contribution in [-0.2, 0) is 9.09 Å². The van der Waals surface area contributed by atoms with E-state index >= 15 is 0 Å². The highest BCUT2D eigenvalue weighted by molar-refractivity contribution is 7.63. The molecule has 0 fully saturated rings. The zero-order valence-corrected chi connectivity index (χ0v) is 5.94. The van der Waals surface area contributed by atoms with Gasteiger partial charge in [-0.3, -0.25) is 4.57 Å². The Labute approximate surface area is 49.7 Å². The van der Waals surface area contributed by atoms with Crippen LogP contribution < -0.4 is 0 Å². The van der Waals surface area contributed by atoms with E-state index in [9.17, 15) is 4.57 Å². The molecule has 0 saturated heterocycles. The first kappa shape index (κ1) is 7.75. The molecule has 1 unspecified atom stereocenters. The van der Waals surface area contributed by atoms with Gasteiger partial charge in [-0.1, -0.05) is 0 Å². The average molecular weight is 132 g/mol. The number of rotatable bonds is 2. The zero-order chi connectivity index (χ0) is 6.62. The molecule has 46 valence electrons. The van der Waals surface area contributed by atoms with Gasteiger partial charge in [0, 0.05) is 6.66 Å². The van der Waals surface area contributed by atoms with E-state index in [0.717, 1.165) is 0 Å². The smallest absolute Gasteiger partial charge is 0.270 e. The summed E-state index contributed by atoms with van der Waals surface area (Å²) in [7, 11) is -2.65. The van der Waals surface area contributed by atoms with Gasteiger partial charge in [0.05, 0.1) is 6.61 Å². The first-order valence-corrected chi connectivity index (χ1v) is 4.39. The molecule has 0 amide bonds. The molecule has 3 heteroatoms. The minimum Gasteiger partial charge on any atom is -0.320 e. The first-order valence-electron chi connectivity index (χ1n) is 2.32. The zero-order valence-electron chi connectivity index (χ0n) is 5.05. The highest BCUT2D eigenvalue weighted by atomic mass is 31.2. The van der Waals surface area contributed by atoms with E-state index in [1.165, 1.54) is 6.66 Å². The lowest BCUT2D eigenvalue weighted by Crippen LogP contribution is -1.82. The number of hydrogen-bond donors (Lipinski definition) is 0. The summed E-state index contributed by atoms with van der Waals surface area (Å²) in [5.74, 6) is 0. The quantitative estimate of drug-likeness (QED) is 0.420. The first-order chi connectivity index (χ1) is 3.62. The molecule has 0 aliphatic carbocycles. The minimum absolute atomic E-state index is 0.415. The summed E-state index contributed by atoms with van der Waals surface area (Å²) < 4.78 is 15.4. The fraction of sp³-hybridized carbons (Fsp3) is 0.600. The average Bonchev–Trinajstić information content (AvgIpc) is 1.67. The van der Waals surface area contributed by atoms with Gasteiger partial charge in [0.2, 0.25) is 0 Å². The summed E-state index contributed by atoms with van der Waals surface area (Å²) in [5, 5.41) is 0. The largest absolute Gasteiger partial charge is 0.320 e. The third-order valence-electron chi connectivity index (χ3n) is 0.610. The Balaban J connectivity index is 3.79. The second-order valence-electron chi connectivity index (χ2n) is 1.39. The maximum atomic E-state index is 10.7. The van der Waals surface area contributed by atoms with E-state index in [-0.39, 0.29) is 0 Å². The fourth-order valence-electron chi connectivity index (χ4n) is 0.284. The van der Waals surface area contributed by atoms with Crippen molar-refractivity contribution in [1.82, 2.24) is 0 Å². The SMILES string of the molecule is C#CP(C)(=O)OCC. The number of hydrogen-bond acceptors (Lipinski definition) is 2. The van der Waals surface area contributed by atoms with E-state index in [2.05, 4.69) is 5.66 Å². The lowest BCUT2D eigenvalue weighted by atomic mass is 10.9. The van der Waals surface area contributed by atoms with Crippen molar-refractivity contribution in [1.29, 1.82) is 0 Å². The molecule has 0 spiro atoms. The van der Waals surface area contributed by atoms with Crippen LogP contribution in [0.3, 0.4) is 0 Å². The Bertz CT molecular complexity index is 145. The Morgan fingerprint density at radius 2 is 2.38 bits per heavy atom. The maximum Gasteiger partial charge on any atom is 0.270 e. The van der Waals surface area contributed by atoms with Crippen LogP contribution in [0.4, 0.5) is 0 Å². The normalized spacial score (nSPS) is 16.6. The van der Waals surface area contributed by atoms with Gasteiger partial charge in [-0.25, -0.2) is 0 Å². The minimum atomic E-state index is -2.65. The van der Waals surface area contributed by atoms with Crippen LogP contribution in [0.2, 0.25) is 0 Å². The molecule has 0 aliphatic heterocycles. The summed E-state index contributed by atoms with van der Waals surface area (Å²) in [5.41, 5.74) is 2.08. The van der Waals surface area contributed by atoms with Gasteiger partial charge in [0.1, 0.15) is 0 Å². The van der Waals surface area contributed by atoms with Crippen LogP contribution in [0, 0.1) is 12.1 Å². The van der Waals surface area contributed by atoms with Gasteiger partial charge < -0.3 is 4.52 Å². The van der Waals surface area contributed by atoms with E-state index in [1.54, 1.807) is 6.92 Å². The molecule has 8 heavy (non-hydrogen) atoms. The van der Waals surface area contributed by atoms with Crippen molar-refractivity contribution >= 4 is 7.37 Å². The van der Waals surface area contributed by atoms with Gasteiger partial charge >= 0.3 is 0 Å². The highest BCUT2D eigenvalue weighted by Gasteiger charge is 2.07. The van der Waals surface area contributed by atoms with Crippen molar-refractivity contribution < 1.29 is 9.09 Å². The van der Waals surface area contributed by atoms with Gasteiger partial charge in [-0.15, -0.1) is 6.42 Å².